The fraction of sp³-hybridized carbons (Fsp3) is 0.125. The van der Waals surface area contributed by atoms with Crippen LogP contribution in [0.15, 0.2) is 48.5 Å². The van der Waals surface area contributed by atoms with Gasteiger partial charge in [-0.05, 0) is 35.4 Å². The number of amides is 3. The summed E-state index contributed by atoms with van der Waals surface area (Å²) < 4.78 is 0. The number of benzene rings is 2. The Bertz CT molecular complexity index is 689. The average molecular weight is 318 g/mol. The number of halogens is 1. The van der Waals surface area contributed by atoms with Crippen molar-refractivity contribution in [3.63, 3.8) is 0 Å². The van der Waals surface area contributed by atoms with Gasteiger partial charge in [-0.2, -0.15) is 0 Å². The van der Waals surface area contributed by atoms with Crippen LogP contribution in [0.1, 0.15) is 0 Å². The second kappa shape index (κ2) is 7.47. The second-order valence-corrected chi connectivity index (χ2v) is 5.01. The lowest BCUT2D eigenvalue weighted by Crippen LogP contribution is -2.37. The van der Waals surface area contributed by atoms with E-state index in [9.17, 15) is 9.59 Å². The van der Waals surface area contributed by atoms with Gasteiger partial charge in [0.25, 0.3) is 0 Å². The molecule has 0 aliphatic carbocycles. The van der Waals surface area contributed by atoms with Crippen molar-refractivity contribution in [2.75, 3.05) is 18.9 Å². The van der Waals surface area contributed by atoms with E-state index in [-0.39, 0.29) is 12.5 Å². The molecule has 5 nitrogen and oxygen atoms in total. The molecule has 0 heterocycles. The summed E-state index contributed by atoms with van der Waals surface area (Å²) in [5.41, 5.74) is 2.53. The molecule has 3 amide bonds. The predicted molar refractivity (Wildman–Crippen MR) is 88.0 cm³/mol. The molecule has 0 unspecified atom stereocenters. The molecule has 0 saturated carbocycles. The van der Waals surface area contributed by atoms with Crippen LogP contribution in [0, 0.1) is 0 Å². The molecule has 6 heteroatoms. The van der Waals surface area contributed by atoms with E-state index in [1.54, 1.807) is 12.1 Å². The Morgan fingerprint density at radius 3 is 2.41 bits per heavy atom. The van der Waals surface area contributed by atoms with Crippen LogP contribution < -0.4 is 16.0 Å². The van der Waals surface area contributed by atoms with Crippen LogP contribution in [0.4, 0.5) is 10.5 Å². The van der Waals surface area contributed by atoms with Gasteiger partial charge in [0.15, 0.2) is 0 Å². The highest BCUT2D eigenvalue weighted by Gasteiger charge is 2.05. The minimum absolute atomic E-state index is 0.0731. The fourth-order valence-electron chi connectivity index (χ4n) is 1.87. The standard InChI is InChI=1S/C16H16ClN3O2/c1-18-15(21)10-19-16(22)20-14-7-3-5-12(9-14)11-4-2-6-13(17)8-11/h2-9H,10H2,1H3,(H,18,21)(H2,19,20,22). The highest BCUT2D eigenvalue weighted by Crippen LogP contribution is 2.25. The van der Waals surface area contributed by atoms with Gasteiger partial charge < -0.3 is 16.0 Å². The van der Waals surface area contributed by atoms with Crippen LogP contribution in [-0.4, -0.2) is 25.5 Å². The topological polar surface area (TPSA) is 70.2 Å². The number of hydrogen-bond acceptors (Lipinski definition) is 2. The smallest absolute Gasteiger partial charge is 0.319 e. The molecule has 0 aliphatic rings. The van der Waals surface area contributed by atoms with Crippen LogP contribution in [-0.2, 0) is 4.79 Å². The Morgan fingerprint density at radius 1 is 1.05 bits per heavy atom. The molecule has 114 valence electrons. The molecule has 3 N–H and O–H groups in total. The third-order valence-corrected chi connectivity index (χ3v) is 3.20. The lowest BCUT2D eigenvalue weighted by Gasteiger charge is -2.09. The summed E-state index contributed by atoms with van der Waals surface area (Å²) in [6.07, 6.45) is 0. The quantitative estimate of drug-likeness (QED) is 0.811. The molecule has 0 bridgehead atoms. The molecule has 0 fully saturated rings. The van der Waals surface area contributed by atoms with Gasteiger partial charge in [-0.3, -0.25) is 4.79 Å². The second-order valence-electron chi connectivity index (χ2n) is 4.57. The molecular weight excluding hydrogens is 302 g/mol. The van der Waals surface area contributed by atoms with E-state index in [1.165, 1.54) is 7.05 Å². The zero-order valence-corrected chi connectivity index (χ0v) is 12.8. The van der Waals surface area contributed by atoms with Gasteiger partial charge in [0.05, 0.1) is 6.54 Å². The Labute approximate surface area is 133 Å². The maximum Gasteiger partial charge on any atom is 0.319 e. The third kappa shape index (κ3) is 4.49. The fourth-order valence-corrected chi connectivity index (χ4v) is 2.06. The van der Waals surface area contributed by atoms with Crippen molar-refractivity contribution in [3.05, 3.63) is 53.6 Å². The number of carbonyl (C=O) groups is 2. The summed E-state index contributed by atoms with van der Waals surface area (Å²) in [6.45, 7) is -0.0731. The first-order chi connectivity index (χ1) is 10.6. The lowest BCUT2D eigenvalue weighted by atomic mass is 10.1. The number of urea groups is 1. The van der Waals surface area contributed by atoms with Gasteiger partial charge in [-0.25, -0.2) is 4.79 Å². The third-order valence-electron chi connectivity index (χ3n) is 2.97. The monoisotopic (exact) mass is 317 g/mol. The molecule has 2 rings (SSSR count). The van der Waals surface area contributed by atoms with Crippen molar-refractivity contribution in [1.29, 1.82) is 0 Å². The zero-order chi connectivity index (χ0) is 15.9. The van der Waals surface area contributed by atoms with Crippen molar-refractivity contribution in [1.82, 2.24) is 10.6 Å². The number of anilines is 1. The Balaban J connectivity index is 2.05. The van der Waals surface area contributed by atoms with Gasteiger partial charge in [-0.1, -0.05) is 35.9 Å². The summed E-state index contributed by atoms with van der Waals surface area (Å²) in [4.78, 5) is 22.8. The molecule has 22 heavy (non-hydrogen) atoms. The summed E-state index contributed by atoms with van der Waals surface area (Å²) in [6, 6.07) is 14.4. The van der Waals surface area contributed by atoms with E-state index in [4.69, 9.17) is 11.6 Å². The summed E-state index contributed by atoms with van der Waals surface area (Å²) in [7, 11) is 1.51. The van der Waals surface area contributed by atoms with Gasteiger partial charge in [-0.15, -0.1) is 0 Å². The number of hydrogen-bond donors (Lipinski definition) is 3. The van der Waals surface area contributed by atoms with E-state index in [1.807, 2.05) is 36.4 Å². The van der Waals surface area contributed by atoms with E-state index < -0.39 is 6.03 Å². The Kier molecular flexibility index (Phi) is 5.38. The van der Waals surface area contributed by atoms with E-state index in [0.29, 0.717) is 10.7 Å². The molecule has 0 aliphatic heterocycles. The molecule has 0 radical (unpaired) electrons. The number of nitrogens with one attached hydrogen (secondary N) is 3. The number of likely N-dealkylation sites (N-methyl/N-ethyl adjacent to an activating group) is 1. The molecule has 0 saturated heterocycles. The van der Waals surface area contributed by atoms with E-state index >= 15 is 0 Å². The molecule has 0 aromatic heterocycles. The Hall–Kier alpha value is -2.53. The summed E-state index contributed by atoms with van der Waals surface area (Å²) >= 11 is 5.99. The normalized spacial score (nSPS) is 9.91. The first-order valence-electron chi connectivity index (χ1n) is 6.70. The number of carbonyl (C=O) groups excluding carboxylic acids is 2. The van der Waals surface area contributed by atoms with Crippen LogP contribution in [0.5, 0.6) is 0 Å². The SMILES string of the molecule is CNC(=O)CNC(=O)Nc1cccc(-c2cccc(Cl)c2)c1. The Morgan fingerprint density at radius 2 is 1.73 bits per heavy atom. The van der Waals surface area contributed by atoms with Crippen LogP contribution >= 0.6 is 11.6 Å². The van der Waals surface area contributed by atoms with Gasteiger partial charge in [0.2, 0.25) is 5.91 Å². The first kappa shape index (κ1) is 15.9. The average Bonchev–Trinajstić information content (AvgIpc) is 2.53. The molecule has 0 spiro atoms. The van der Waals surface area contributed by atoms with Crippen LogP contribution in [0.2, 0.25) is 5.02 Å². The zero-order valence-electron chi connectivity index (χ0n) is 12.0. The van der Waals surface area contributed by atoms with Crippen molar-refractivity contribution in [2.24, 2.45) is 0 Å². The van der Waals surface area contributed by atoms with Crippen molar-refractivity contribution in [2.45, 2.75) is 0 Å². The first-order valence-corrected chi connectivity index (χ1v) is 7.08. The molecular formula is C16H16ClN3O2. The largest absolute Gasteiger partial charge is 0.358 e. The van der Waals surface area contributed by atoms with Crippen molar-refractivity contribution >= 4 is 29.2 Å². The molecule has 2 aromatic carbocycles. The minimum Gasteiger partial charge on any atom is -0.358 e. The van der Waals surface area contributed by atoms with Gasteiger partial charge >= 0.3 is 6.03 Å². The maximum atomic E-state index is 11.7. The number of rotatable bonds is 4. The van der Waals surface area contributed by atoms with Crippen LogP contribution in [0.3, 0.4) is 0 Å². The van der Waals surface area contributed by atoms with Crippen LogP contribution in [0.25, 0.3) is 11.1 Å². The maximum absolute atomic E-state index is 11.7. The lowest BCUT2D eigenvalue weighted by molar-refractivity contribution is -0.119. The van der Waals surface area contributed by atoms with E-state index in [2.05, 4.69) is 16.0 Å². The summed E-state index contributed by atoms with van der Waals surface area (Å²) in [5.74, 6) is -0.261. The van der Waals surface area contributed by atoms with Crippen molar-refractivity contribution in [3.8, 4) is 11.1 Å². The molecule has 0 atom stereocenters. The predicted octanol–water partition coefficient (Wildman–Crippen LogP) is 2.87. The highest BCUT2D eigenvalue weighted by atomic mass is 35.5. The van der Waals surface area contributed by atoms with Gasteiger partial charge in [0, 0.05) is 17.8 Å². The van der Waals surface area contributed by atoms with Gasteiger partial charge in [0.1, 0.15) is 0 Å². The summed E-state index contributed by atoms with van der Waals surface area (Å²) in [5, 5.41) is 8.23. The highest BCUT2D eigenvalue weighted by molar-refractivity contribution is 6.30. The molecule has 2 aromatic rings. The minimum atomic E-state index is -0.438. The van der Waals surface area contributed by atoms with E-state index in [0.717, 1.165) is 11.1 Å². The van der Waals surface area contributed by atoms with Crippen molar-refractivity contribution < 1.29 is 9.59 Å².